The first-order valence-electron chi connectivity index (χ1n) is 7.61. The topological polar surface area (TPSA) is 12.0 Å². The minimum Gasteiger partial charge on any atom is -0.313 e. The van der Waals surface area contributed by atoms with E-state index in [1.165, 1.54) is 42.4 Å². The second kappa shape index (κ2) is 7.35. The van der Waals surface area contributed by atoms with Crippen molar-refractivity contribution in [2.75, 3.05) is 6.54 Å². The van der Waals surface area contributed by atoms with E-state index in [0.717, 1.165) is 23.6 Å². The van der Waals surface area contributed by atoms with Crippen molar-refractivity contribution in [1.82, 2.24) is 5.32 Å². The Bertz CT molecular complexity index is 380. The van der Waals surface area contributed by atoms with Crippen LogP contribution < -0.4 is 5.32 Å². The molecule has 1 aliphatic rings. The average molecular weight is 277 g/mol. The normalized spacial score (nSPS) is 23.5. The molecule has 19 heavy (non-hydrogen) atoms. The molecule has 1 fully saturated rings. The molecule has 0 spiro atoms. The highest BCUT2D eigenvalue weighted by Crippen LogP contribution is 2.31. The van der Waals surface area contributed by atoms with Gasteiger partial charge in [-0.05, 0) is 38.8 Å². The van der Waals surface area contributed by atoms with Crippen LogP contribution in [0.2, 0.25) is 0 Å². The summed E-state index contributed by atoms with van der Waals surface area (Å²) in [4.78, 5) is 0. The minimum absolute atomic E-state index is 0.731. The Hall–Kier alpha value is -0.470. The van der Waals surface area contributed by atoms with Crippen molar-refractivity contribution in [3.63, 3.8) is 0 Å². The van der Waals surface area contributed by atoms with Gasteiger partial charge in [0.1, 0.15) is 0 Å². The van der Waals surface area contributed by atoms with Crippen molar-refractivity contribution in [2.45, 2.75) is 63.5 Å². The number of thioether (sulfide) groups is 1. The Morgan fingerprint density at radius 1 is 1.11 bits per heavy atom. The van der Waals surface area contributed by atoms with Gasteiger partial charge in [-0.2, -0.15) is 11.8 Å². The van der Waals surface area contributed by atoms with Crippen molar-refractivity contribution >= 4 is 11.8 Å². The monoisotopic (exact) mass is 277 g/mol. The van der Waals surface area contributed by atoms with Crippen LogP contribution in [-0.2, 0) is 5.75 Å². The predicted octanol–water partition coefficient (Wildman–Crippen LogP) is 4.46. The van der Waals surface area contributed by atoms with Crippen molar-refractivity contribution in [3.05, 3.63) is 34.9 Å². The van der Waals surface area contributed by atoms with Gasteiger partial charge in [-0.15, -0.1) is 0 Å². The van der Waals surface area contributed by atoms with Crippen molar-refractivity contribution in [2.24, 2.45) is 0 Å². The molecule has 1 saturated carbocycles. The lowest BCUT2D eigenvalue weighted by Gasteiger charge is -2.31. The fourth-order valence-electron chi connectivity index (χ4n) is 3.15. The maximum atomic E-state index is 3.67. The van der Waals surface area contributed by atoms with Crippen LogP contribution in [0.25, 0.3) is 0 Å². The average Bonchev–Trinajstić information content (AvgIpc) is 2.37. The molecule has 0 amide bonds. The first kappa shape index (κ1) is 14.9. The summed E-state index contributed by atoms with van der Waals surface area (Å²) in [5.74, 6) is 1.16. The largest absolute Gasteiger partial charge is 0.313 e. The molecule has 1 aromatic carbocycles. The number of nitrogens with one attached hydrogen (secondary N) is 1. The smallest absolute Gasteiger partial charge is 0.0204 e. The van der Waals surface area contributed by atoms with E-state index in [1.54, 1.807) is 0 Å². The van der Waals surface area contributed by atoms with Gasteiger partial charge in [0.15, 0.2) is 0 Å². The molecule has 0 radical (unpaired) electrons. The number of benzene rings is 1. The lowest BCUT2D eigenvalue weighted by molar-refractivity contribution is 0.391. The van der Waals surface area contributed by atoms with Crippen LogP contribution in [0.3, 0.4) is 0 Å². The molecule has 1 aromatic rings. The molecule has 0 heterocycles. The first-order valence-corrected chi connectivity index (χ1v) is 8.66. The second-order valence-corrected chi connectivity index (χ2v) is 7.02. The summed E-state index contributed by atoms with van der Waals surface area (Å²) in [7, 11) is 0. The highest BCUT2D eigenvalue weighted by atomic mass is 32.2. The number of hydrogen-bond acceptors (Lipinski definition) is 2. The van der Waals surface area contributed by atoms with Crippen LogP contribution in [0.5, 0.6) is 0 Å². The van der Waals surface area contributed by atoms with E-state index in [4.69, 9.17) is 0 Å². The summed E-state index contributed by atoms with van der Waals surface area (Å²) in [6.45, 7) is 7.72. The molecule has 0 aliphatic heterocycles. The van der Waals surface area contributed by atoms with Crippen LogP contribution in [0.15, 0.2) is 18.2 Å². The Morgan fingerprint density at radius 2 is 1.79 bits per heavy atom. The summed E-state index contributed by atoms with van der Waals surface area (Å²) in [5.41, 5.74) is 4.27. The molecule has 2 atom stereocenters. The van der Waals surface area contributed by atoms with Crippen LogP contribution in [-0.4, -0.2) is 17.8 Å². The van der Waals surface area contributed by atoms with E-state index in [9.17, 15) is 0 Å². The summed E-state index contributed by atoms with van der Waals surface area (Å²) < 4.78 is 0. The molecule has 106 valence electrons. The Balaban J connectivity index is 1.92. The summed E-state index contributed by atoms with van der Waals surface area (Å²) in [6, 6.07) is 7.67. The number of aryl methyl sites for hydroxylation is 2. The molecule has 1 nitrogen and oxygen atoms in total. The van der Waals surface area contributed by atoms with Crippen LogP contribution >= 0.6 is 11.8 Å². The molecular weight excluding hydrogens is 250 g/mol. The molecule has 0 bridgehead atoms. The second-order valence-electron chi connectivity index (χ2n) is 5.79. The maximum absolute atomic E-state index is 3.67. The highest BCUT2D eigenvalue weighted by Gasteiger charge is 2.24. The standard InChI is InChI=1S/C17H27NS/c1-4-18-16-7-5-6-8-17(16)19-12-15-10-13(2)9-14(3)11-15/h9-11,16-18H,4-8,12H2,1-3H3. The van der Waals surface area contributed by atoms with E-state index < -0.39 is 0 Å². The molecule has 2 heteroatoms. The van der Waals surface area contributed by atoms with E-state index in [-0.39, 0.29) is 0 Å². The number of hydrogen-bond donors (Lipinski definition) is 1. The van der Waals surface area contributed by atoms with Gasteiger partial charge >= 0.3 is 0 Å². The van der Waals surface area contributed by atoms with Crippen molar-refractivity contribution in [3.8, 4) is 0 Å². The van der Waals surface area contributed by atoms with Gasteiger partial charge in [0, 0.05) is 17.0 Å². The lowest BCUT2D eigenvalue weighted by atomic mass is 9.95. The van der Waals surface area contributed by atoms with E-state index in [1.807, 2.05) is 0 Å². The van der Waals surface area contributed by atoms with Gasteiger partial charge < -0.3 is 5.32 Å². The predicted molar refractivity (Wildman–Crippen MR) is 86.9 cm³/mol. The van der Waals surface area contributed by atoms with Gasteiger partial charge in [-0.3, -0.25) is 0 Å². The van der Waals surface area contributed by atoms with Gasteiger partial charge in [0.2, 0.25) is 0 Å². The van der Waals surface area contributed by atoms with Crippen LogP contribution in [0.1, 0.15) is 49.3 Å². The van der Waals surface area contributed by atoms with Gasteiger partial charge in [0.05, 0.1) is 0 Å². The Kier molecular flexibility index (Phi) is 5.77. The SMILES string of the molecule is CCNC1CCCCC1SCc1cc(C)cc(C)c1. The fourth-order valence-corrected chi connectivity index (χ4v) is 4.52. The maximum Gasteiger partial charge on any atom is 0.0204 e. The lowest BCUT2D eigenvalue weighted by Crippen LogP contribution is -2.40. The third kappa shape index (κ3) is 4.54. The Morgan fingerprint density at radius 3 is 2.47 bits per heavy atom. The van der Waals surface area contributed by atoms with Gasteiger partial charge in [-0.1, -0.05) is 49.1 Å². The summed E-state index contributed by atoms with van der Waals surface area (Å²) in [6.07, 6.45) is 5.55. The van der Waals surface area contributed by atoms with E-state index >= 15 is 0 Å². The molecule has 2 unspecified atom stereocenters. The zero-order chi connectivity index (χ0) is 13.7. The van der Waals surface area contributed by atoms with Crippen molar-refractivity contribution in [1.29, 1.82) is 0 Å². The van der Waals surface area contributed by atoms with Crippen LogP contribution in [0, 0.1) is 13.8 Å². The molecule has 0 saturated heterocycles. The highest BCUT2D eigenvalue weighted by molar-refractivity contribution is 7.99. The van der Waals surface area contributed by atoms with Crippen LogP contribution in [0.4, 0.5) is 0 Å². The van der Waals surface area contributed by atoms with Gasteiger partial charge in [-0.25, -0.2) is 0 Å². The quantitative estimate of drug-likeness (QED) is 0.853. The number of rotatable bonds is 5. The van der Waals surface area contributed by atoms with Gasteiger partial charge in [0.25, 0.3) is 0 Å². The summed E-state index contributed by atoms with van der Waals surface area (Å²) >= 11 is 2.15. The minimum atomic E-state index is 0.731. The molecule has 2 rings (SSSR count). The summed E-state index contributed by atoms with van der Waals surface area (Å²) in [5, 5.41) is 4.47. The van der Waals surface area contributed by atoms with E-state index in [0.29, 0.717) is 0 Å². The third-order valence-corrected chi connectivity index (χ3v) is 5.41. The molecule has 1 N–H and O–H groups in total. The first-order chi connectivity index (χ1) is 9.19. The zero-order valence-electron chi connectivity index (χ0n) is 12.5. The molecular formula is C17H27NS. The molecule has 1 aliphatic carbocycles. The molecule has 0 aromatic heterocycles. The fraction of sp³-hybridized carbons (Fsp3) is 0.647. The van der Waals surface area contributed by atoms with Crippen molar-refractivity contribution < 1.29 is 0 Å². The Labute approximate surface area is 122 Å². The third-order valence-electron chi connectivity index (χ3n) is 3.91. The van der Waals surface area contributed by atoms with E-state index in [2.05, 4.69) is 56.0 Å². The zero-order valence-corrected chi connectivity index (χ0v) is 13.4.